The van der Waals surface area contributed by atoms with Gasteiger partial charge in [0.25, 0.3) is 0 Å². The summed E-state index contributed by atoms with van der Waals surface area (Å²) in [7, 11) is 1.91. The molecular formula is C19H25N3O2S. The number of amides is 1. The number of thiophene rings is 1. The molecule has 6 heteroatoms. The van der Waals surface area contributed by atoms with E-state index < -0.39 is 0 Å². The standard InChI is InChI=1S/C19H25N3O2S/c1-10(2)22(4)19(23)16-13-7-6-12(9-13)15(16)18-20-17(21-24-18)14-8-5-11(3)25-14/h5,8,10,12-13,15-16H,6-7,9H2,1-4H3/t12-,13+,15+,16+/m1/s1. The number of carbonyl (C=O) groups excluding carboxylic acids is 1. The summed E-state index contributed by atoms with van der Waals surface area (Å²) in [6.07, 6.45) is 3.43. The van der Waals surface area contributed by atoms with E-state index in [0.717, 1.165) is 17.7 Å². The van der Waals surface area contributed by atoms with Crippen LogP contribution in [-0.4, -0.2) is 34.0 Å². The lowest BCUT2D eigenvalue weighted by Gasteiger charge is -2.32. The molecule has 0 aromatic carbocycles. The van der Waals surface area contributed by atoms with Crippen molar-refractivity contribution in [2.24, 2.45) is 17.8 Å². The highest BCUT2D eigenvalue weighted by atomic mass is 32.1. The Morgan fingerprint density at radius 3 is 2.76 bits per heavy atom. The lowest BCUT2D eigenvalue weighted by Crippen LogP contribution is -2.42. The van der Waals surface area contributed by atoms with Crippen molar-refractivity contribution >= 4 is 17.2 Å². The third-order valence-corrected chi connectivity index (χ3v) is 7.01. The summed E-state index contributed by atoms with van der Waals surface area (Å²) in [6.45, 7) is 6.19. The summed E-state index contributed by atoms with van der Waals surface area (Å²) in [6, 6.07) is 4.31. The minimum Gasteiger partial charge on any atom is -0.343 e. The van der Waals surface area contributed by atoms with Crippen LogP contribution in [0.3, 0.4) is 0 Å². The van der Waals surface area contributed by atoms with Gasteiger partial charge in [-0.3, -0.25) is 4.79 Å². The van der Waals surface area contributed by atoms with Gasteiger partial charge in [-0.1, -0.05) is 5.16 Å². The van der Waals surface area contributed by atoms with Gasteiger partial charge in [0.1, 0.15) is 0 Å². The second kappa shape index (κ2) is 6.24. The lowest BCUT2D eigenvalue weighted by atomic mass is 9.78. The van der Waals surface area contributed by atoms with Crippen LogP contribution >= 0.6 is 11.3 Å². The Morgan fingerprint density at radius 1 is 1.32 bits per heavy atom. The third-order valence-electron chi connectivity index (χ3n) is 6.01. The monoisotopic (exact) mass is 359 g/mol. The van der Waals surface area contributed by atoms with Gasteiger partial charge in [-0.2, -0.15) is 4.98 Å². The molecule has 2 aliphatic carbocycles. The Hall–Kier alpha value is -1.69. The van der Waals surface area contributed by atoms with Gasteiger partial charge in [-0.05, 0) is 64.0 Å². The molecule has 2 aliphatic rings. The van der Waals surface area contributed by atoms with Gasteiger partial charge in [0.2, 0.25) is 17.6 Å². The van der Waals surface area contributed by atoms with E-state index in [-0.39, 0.29) is 23.8 Å². The van der Waals surface area contributed by atoms with Crippen LogP contribution in [0.4, 0.5) is 0 Å². The minimum absolute atomic E-state index is 0.00970. The average molecular weight is 359 g/mol. The summed E-state index contributed by atoms with van der Waals surface area (Å²) < 4.78 is 5.66. The van der Waals surface area contributed by atoms with Gasteiger partial charge in [0.05, 0.1) is 16.7 Å². The molecule has 4 rings (SSSR count). The molecule has 2 saturated carbocycles. The van der Waals surface area contributed by atoms with Crippen LogP contribution in [0.2, 0.25) is 0 Å². The van der Waals surface area contributed by atoms with Crippen molar-refractivity contribution in [1.29, 1.82) is 0 Å². The highest BCUT2D eigenvalue weighted by molar-refractivity contribution is 7.15. The minimum atomic E-state index is -0.00970. The van der Waals surface area contributed by atoms with E-state index in [1.807, 2.05) is 18.0 Å². The Morgan fingerprint density at radius 2 is 2.08 bits per heavy atom. The van der Waals surface area contributed by atoms with Crippen molar-refractivity contribution in [1.82, 2.24) is 15.0 Å². The maximum Gasteiger partial charge on any atom is 0.231 e. The molecule has 2 heterocycles. The third kappa shape index (κ3) is 2.80. The van der Waals surface area contributed by atoms with Crippen molar-refractivity contribution in [3.05, 3.63) is 22.9 Å². The van der Waals surface area contributed by atoms with Gasteiger partial charge in [-0.25, -0.2) is 0 Å². The van der Waals surface area contributed by atoms with Crippen molar-refractivity contribution in [2.75, 3.05) is 7.05 Å². The predicted octanol–water partition coefficient (Wildman–Crippen LogP) is 4.10. The molecule has 5 nitrogen and oxygen atoms in total. The van der Waals surface area contributed by atoms with E-state index in [1.54, 1.807) is 11.3 Å². The maximum absolute atomic E-state index is 13.1. The fourth-order valence-electron chi connectivity index (χ4n) is 4.52. The predicted molar refractivity (Wildman–Crippen MR) is 97.3 cm³/mol. The zero-order valence-electron chi connectivity index (χ0n) is 15.2. The number of aryl methyl sites for hydroxylation is 1. The topological polar surface area (TPSA) is 59.2 Å². The molecule has 134 valence electrons. The number of nitrogens with zero attached hydrogens (tertiary/aromatic N) is 3. The van der Waals surface area contributed by atoms with Crippen molar-refractivity contribution in [3.63, 3.8) is 0 Å². The van der Waals surface area contributed by atoms with E-state index in [1.165, 1.54) is 11.3 Å². The number of hydrogen-bond acceptors (Lipinski definition) is 5. The Bertz CT molecular complexity index is 781. The quantitative estimate of drug-likeness (QED) is 0.824. The molecule has 25 heavy (non-hydrogen) atoms. The Kier molecular flexibility index (Phi) is 4.18. The van der Waals surface area contributed by atoms with E-state index in [2.05, 4.69) is 32.0 Å². The molecule has 0 aliphatic heterocycles. The van der Waals surface area contributed by atoms with Crippen LogP contribution in [0.15, 0.2) is 16.7 Å². The van der Waals surface area contributed by atoms with Crippen LogP contribution in [-0.2, 0) is 4.79 Å². The first-order valence-electron chi connectivity index (χ1n) is 9.12. The van der Waals surface area contributed by atoms with Gasteiger partial charge >= 0.3 is 0 Å². The molecule has 2 aromatic rings. The molecule has 0 spiro atoms. The maximum atomic E-state index is 13.1. The molecule has 2 aromatic heterocycles. The molecule has 2 fully saturated rings. The molecular weight excluding hydrogens is 334 g/mol. The Labute approximate surface area is 152 Å². The summed E-state index contributed by atoms with van der Waals surface area (Å²) in [4.78, 5) is 21.9. The smallest absolute Gasteiger partial charge is 0.231 e. The van der Waals surface area contributed by atoms with Gasteiger partial charge in [-0.15, -0.1) is 11.3 Å². The van der Waals surface area contributed by atoms with Crippen LogP contribution in [0.1, 0.15) is 49.8 Å². The second-order valence-corrected chi connectivity index (χ2v) is 9.08. The first kappa shape index (κ1) is 16.8. The zero-order chi connectivity index (χ0) is 17.7. The van der Waals surface area contributed by atoms with E-state index in [0.29, 0.717) is 23.6 Å². The van der Waals surface area contributed by atoms with Gasteiger partial charge in [0.15, 0.2) is 0 Å². The van der Waals surface area contributed by atoms with Crippen molar-refractivity contribution < 1.29 is 9.32 Å². The molecule has 1 amide bonds. The van der Waals surface area contributed by atoms with Crippen LogP contribution in [0.5, 0.6) is 0 Å². The molecule has 0 radical (unpaired) electrons. The summed E-state index contributed by atoms with van der Waals surface area (Å²) in [5.41, 5.74) is 0. The molecule has 0 unspecified atom stereocenters. The van der Waals surface area contributed by atoms with E-state index >= 15 is 0 Å². The van der Waals surface area contributed by atoms with Crippen molar-refractivity contribution in [2.45, 2.75) is 52.0 Å². The average Bonchev–Trinajstić information content (AvgIpc) is 3.35. The molecule has 0 N–H and O–H groups in total. The first-order valence-corrected chi connectivity index (χ1v) is 9.94. The van der Waals surface area contributed by atoms with Gasteiger partial charge in [0, 0.05) is 18.0 Å². The molecule has 4 atom stereocenters. The number of hydrogen-bond donors (Lipinski definition) is 0. The van der Waals surface area contributed by atoms with Gasteiger partial charge < -0.3 is 9.42 Å². The molecule has 2 bridgehead atoms. The fraction of sp³-hybridized carbons (Fsp3) is 0.632. The largest absolute Gasteiger partial charge is 0.343 e. The fourth-order valence-corrected chi connectivity index (χ4v) is 5.31. The first-order chi connectivity index (χ1) is 12.0. The zero-order valence-corrected chi connectivity index (χ0v) is 16.0. The van der Waals surface area contributed by atoms with Crippen molar-refractivity contribution in [3.8, 4) is 10.7 Å². The number of aromatic nitrogens is 2. The SMILES string of the molecule is Cc1ccc(-c2noc([C@H]3[C@@H]4CC[C@@H](C4)[C@@H]3C(=O)N(C)C(C)C)n2)s1. The highest BCUT2D eigenvalue weighted by Gasteiger charge is 2.54. The highest BCUT2D eigenvalue weighted by Crippen LogP contribution is 2.57. The second-order valence-electron chi connectivity index (χ2n) is 7.79. The summed E-state index contributed by atoms with van der Waals surface area (Å²) in [5.74, 6) is 2.57. The normalized spacial score (nSPS) is 28.0. The van der Waals surface area contributed by atoms with E-state index in [4.69, 9.17) is 9.51 Å². The Balaban J connectivity index is 1.64. The summed E-state index contributed by atoms with van der Waals surface area (Å²) >= 11 is 1.67. The summed E-state index contributed by atoms with van der Waals surface area (Å²) in [5, 5.41) is 4.20. The van der Waals surface area contributed by atoms with Crippen LogP contribution in [0.25, 0.3) is 10.7 Å². The molecule has 0 saturated heterocycles. The van der Waals surface area contributed by atoms with E-state index in [9.17, 15) is 4.79 Å². The number of fused-ring (bicyclic) bond motifs is 2. The van der Waals surface area contributed by atoms with Crippen LogP contribution < -0.4 is 0 Å². The number of rotatable bonds is 4. The van der Waals surface area contributed by atoms with Crippen LogP contribution in [0, 0.1) is 24.7 Å². The number of carbonyl (C=O) groups is 1. The lowest BCUT2D eigenvalue weighted by molar-refractivity contribution is -0.138.